The van der Waals surface area contributed by atoms with Crippen molar-refractivity contribution in [1.29, 1.82) is 0 Å². The van der Waals surface area contributed by atoms with Gasteiger partial charge in [0.25, 0.3) is 0 Å². The highest BCUT2D eigenvalue weighted by Gasteiger charge is 2.22. The van der Waals surface area contributed by atoms with Gasteiger partial charge in [-0.2, -0.15) is 0 Å². The largest absolute Gasteiger partial charge is 0.545 e. The van der Waals surface area contributed by atoms with Crippen LogP contribution in [0, 0.1) is 0 Å². The van der Waals surface area contributed by atoms with E-state index < -0.39 is 24.3 Å². The molecule has 0 amide bonds. The van der Waals surface area contributed by atoms with Gasteiger partial charge in [-0.1, -0.05) is 304 Å². The number of ether oxygens (including phenoxy) is 4. The van der Waals surface area contributed by atoms with Crippen molar-refractivity contribution in [3.05, 3.63) is 85.1 Å². The lowest BCUT2D eigenvalue weighted by Gasteiger charge is -2.26. The summed E-state index contributed by atoms with van der Waals surface area (Å²) in [5.74, 6) is -2.29. The Bertz CT molecular complexity index is 1620. The van der Waals surface area contributed by atoms with Gasteiger partial charge < -0.3 is 33.3 Å². The van der Waals surface area contributed by atoms with Gasteiger partial charge in [0.2, 0.25) is 0 Å². The molecule has 0 heterocycles. The summed E-state index contributed by atoms with van der Waals surface area (Å²) in [5.41, 5.74) is 0. The number of rotatable bonds is 63. The number of unbranched alkanes of at least 4 members (excludes halogenated alkanes) is 34. The Kier molecular flexibility index (Phi) is 60.8. The molecule has 2 atom stereocenters. The number of quaternary nitrogens is 1. The summed E-state index contributed by atoms with van der Waals surface area (Å²) in [6, 6.07) is 0. The monoisotopic (exact) mass is 1150 g/mol. The van der Waals surface area contributed by atoms with Crippen molar-refractivity contribution in [2.45, 2.75) is 315 Å². The highest BCUT2D eigenvalue weighted by Crippen LogP contribution is 2.18. The number of aliphatic carboxylic acids is 1. The standard InChI is InChI=1S/C73H129NO8/c1-6-8-10-12-14-16-18-20-22-24-26-28-30-32-34-36-38-40-42-44-46-48-50-52-54-56-58-60-62-64-71(76)82-69(68-81-73(72(77)78)79-66-65-74(3,4)5)67-80-70(75)63-61-59-57-55-53-51-49-47-45-43-41-39-37-35-33-31-29-27-25-23-21-19-17-15-13-11-9-7-2/h8,10,14,16,20,22,26,28,32,34,38,40,44,46,69,73H,6-7,9,11-13,15,17-19,21,23-25,27,29-31,33,35-37,39,41-43,45,47-68H2,1-5H3/b10-8-,16-14-,22-20-,28-26-,34-32-,40-38-,46-44-. The Hall–Kier alpha value is -3.53. The Morgan fingerprint density at radius 3 is 1.04 bits per heavy atom. The van der Waals surface area contributed by atoms with Crippen LogP contribution < -0.4 is 5.11 Å². The predicted octanol–water partition coefficient (Wildman–Crippen LogP) is 19.7. The van der Waals surface area contributed by atoms with E-state index in [0.717, 1.165) is 89.9 Å². The molecule has 82 heavy (non-hydrogen) atoms. The third-order valence-electron chi connectivity index (χ3n) is 14.9. The Morgan fingerprint density at radius 2 is 0.695 bits per heavy atom. The maximum atomic E-state index is 12.9. The van der Waals surface area contributed by atoms with Gasteiger partial charge in [0, 0.05) is 12.8 Å². The van der Waals surface area contributed by atoms with E-state index in [1.807, 2.05) is 21.1 Å². The SMILES string of the molecule is CC/C=C\C/C=C\C/C=C\C/C=C\C/C=C\C/C=C\C/C=C\CCCCCCCCCC(=O)OC(COC(=O)CCCCCCCCCCCCCCCCCCCCCCCCCCCCCC)COC(OCC[N+](C)(C)C)C(=O)[O-]. The van der Waals surface area contributed by atoms with Crippen molar-refractivity contribution in [3.8, 4) is 0 Å². The van der Waals surface area contributed by atoms with E-state index in [2.05, 4.69) is 98.9 Å². The second kappa shape index (κ2) is 63.5. The number of nitrogens with zero attached hydrogens (tertiary/aromatic N) is 1. The molecule has 0 spiro atoms. The first-order valence-corrected chi connectivity index (χ1v) is 34.2. The summed E-state index contributed by atoms with van der Waals surface area (Å²) >= 11 is 0. The van der Waals surface area contributed by atoms with Crippen LogP contribution in [-0.2, 0) is 33.3 Å². The molecule has 0 radical (unpaired) electrons. The third-order valence-corrected chi connectivity index (χ3v) is 14.9. The summed E-state index contributed by atoms with van der Waals surface area (Å²) in [6.07, 6.45) is 82.3. The van der Waals surface area contributed by atoms with Gasteiger partial charge in [0.1, 0.15) is 13.2 Å². The van der Waals surface area contributed by atoms with Crippen LogP contribution in [0.5, 0.6) is 0 Å². The molecule has 0 aliphatic rings. The molecule has 9 nitrogen and oxygen atoms in total. The summed E-state index contributed by atoms with van der Waals surface area (Å²) in [7, 11) is 5.93. The molecule has 474 valence electrons. The predicted molar refractivity (Wildman–Crippen MR) is 348 cm³/mol. The Morgan fingerprint density at radius 1 is 0.378 bits per heavy atom. The first-order valence-electron chi connectivity index (χ1n) is 34.2. The zero-order valence-corrected chi connectivity index (χ0v) is 54.1. The molecule has 0 N–H and O–H groups in total. The average Bonchev–Trinajstić information content (AvgIpc) is 3.47. The van der Waals surface area contributed by atoms with Gasteiger partial charge in [-0.25, -0.2) is 0 Å². The fraction of sp³-hybridized carbons (Fsp3) is 0.767. The number of carbonyl (C=O) groups excluding carboxylic acids is 3. The quantitative estimate of drug-likeness (QED) is 0.0195. The van der Waals surface area contributed by atoms with Crippen LogP contribution in [0.15, 0.2) is 85.1 Å². The van der Waals surface area contributed by atoms with Crippen LogP contribution >= 0.6 is 0 Å². The fourth-order valence-electron chi connectivity index (χ4n) is 9.70. The molecule has 0 fully saturated rings. The van der Waals surface area contributed by atoms with E-state index in [1.165, 1.54) is 180 Å². The van der Waals surface area contributed by atoms with E-state index in [9.17, 15) is 19.5 Å². The van der Waals surface area contributed by atoms with E-state index in [0.29, 0.717) is 23.9 Å². The van der Waals surface area contributed by atoms with Crippen LogP contribution in [0.3, 0.4) is 0 Å². The van der Waals surface area contributed by atoms with Crippen LogP contribution in [0.2, 0.25) is 0 Å². The highest BCUT2D eigenvalue weighted by molar-refractivity contribution is 5.70. The summed E-state index contributed by atoms with van der Waals surface area (Å²) in [5, 5.41) is 11.8. The van der Waals surface area contributed by atoms with Crippen molar-refractivity contribution in [2.24, 2.45) is 0 Å². The van der Waals surface area contributed by atoms with Gasteiger partial charge in [0.15, 0.2) is 12.4 Å². The second-order valence-corrected chi connectivity index (χ2v) is 24.1. The van der Waals surface area contributed by atoms with Gasteiger partial charge in [0.05, 0.1) is 40.3 Å². The van der Waals surface area contributed by atoms with Gasteiger partial charge in [-0.15, -0.1) is 0 Å². The molecular formula is C73H129NO8. The van der Waals surface area contributed by atoms with Crippen LogP contribution in [0.1, 0.15) is 303 Å². The minimum Gasteiger partial charge on any atom is -0.545 e. The molecule has 0 aliphatic heterocycles. The number of carboxylic acid groups (broad SMARTS) is 1. The number of esters is 2. The first kappa shape index (κ1) is 78.5. The lowest BCUT2D eigenvalue weighted by molar-refractivity contribution is -0.870. The number of hydrogen-bond acceptors (Lipinski definition) is 8. The third kappa shape index (κ3) is 64.0. The van der Waals surface area contributed by atoms with Gasteiger partial charge >= 0.3 is 11.9 Å². The molecule has 0 saturated heterocycles. The smallest absolute Gasteiger partial charge is 0.306 e. The van der Waals surface area contributed by atoms with Gasteiger partial charge in [-0.3, -0.25) is 9.59 Å². The van der Waals surface area contributed by atoms with Gasteiger partial charge in [-0.05, 0) is 70.6 Å². The van der Waals surface area contributed by atoms with E-state index >= 15 is 0 Å². The molecule has 0 rings (SSSR count). The number of allylic oxidation sites excluding steroid dienone is 14. The molecule has 0 bridgehead atoms. The minimum absolute atomic E-state index is 0.143. The summed E-state index contributed by atoms with van der Waals surface area (Å²) < 4.78 is 22.8. The van der Waals surface area contributed by atoms with Crippen molar-refractivity contribution < 1.29 is 42.9 Å². The topological polar surface area (TPSA) is 111 Å². The van der Waals surface area contributed by atoms with Crippen LogP contribution in [0.4, 0.5) is 0 Å². The van der Waals surface area contributed by atoms with E-state index in [-0.39, 0.29) is 32.2 Å². The normalized spacial score (nSPS) is 13.2. The average molecular weight is 1150 g/mol. The number of hydrogen-bond donors (Lipinski definition) is 0. The maximum absolute atomic E-state index is 12.9. The van der Waals surface area contributed by atoms with Crippen molar-refractivity contribution in [2.75, 3.05) is 47.5 Å². The molecule has 0 aromatic heterocycles. The summed E-state index contributed by atoms with van der Waals surface area (Å²) in [6.45, 7) is 4.66. The lowest BCUT2D eigenvalue weighted by Crippen LogP contribution is -2.44. The zero-order valence-electron chi connectivity index (χ0n) is 54.1. The molecule has 2 unspecified atom stereocenters. The second-order valence-electron chi connectivity index (χ2n) is 24.1. The number of likely N-dealkylation sites (N-methyl/N-ethyl adjacent to an activating group) is 1. The number of carbonyl (C=O) groups is 3. The van der Waals surface area contributed by atoms with Crippen LogP contribution in [-0.4, -0.2) is 82.3 Å². The molecule has 0 aliphatic carbocycles. The first-order chi connectivity index (χ1) is 40.1. The fourth-order valence-corrected chi connectivity index (χ4v) is 9.70. The Labute approximate surface area is 506 Å². The molecule has 0 saturated carbocycles. The summed E-state index contributed by atoms with van der Waals surface area (Å²) in [4.78, 5) is 37.5. The lowest BCUT2D eigenvalue weighted by atomic mass is 10.0. The van der Waals surface area contributed by atoms with Crippen molar-refractivity contribution >= 4 is 17.9 Å². The molecule has 0 aromatic rings. The maximum Gasteiger partial charge on any atom is 0.306 e. The highest BCUT2D eigenvalue weighted by atomic mass is 16.7. The zero-order chi connectivity index (χ0) is 59.8. The van der Waals surface area contributed by atoms with Crippen molar-refractivity contribution in [3.63, 3.8) is 0 Å². The molecule has 9 heteroatoms. The van der Waals surface area contributed by atoms with E-state index in [4.69, 9.17) is 18.9 Å². The Balaban J connectivity index is 4.16. The minimum atomic E-state index is -1.63. The molecular weight excluding hydrogens is 1020 g/mol. The number of carboxylic acids is 1. The van der Waals surface area contributed by atoms with E-state index in [1.54, 1.807) is 0 Å². The van der Waals surface area contributed by atoms with Crippen molar-refractivity contribution in [1.82, 2.24) is 0 Å². The molecule has 0 aromatic carbocycles. The van der Waals surface area contributed by atoms with Crippen LogP contribution in [0.25, 0.3) is 0 Å².